The lowest BCUT2D eigenvalue weighted by molar-refractivity contribution is 0.623. The van der Waals surface area contributed by atoms with Crippen molar-refractivity contribution in [1.82, 2.24) is 0 Å². The number of rotatable bonds is 9. The minimum Gasteiger partial charge on any atom is -0.310 e. The van der Waals surface area contributed by atoms with Crippen LogP contribution in [0, 0.1) is 0 Å². The van der Waals surface area contributed by atoms with Gasteiger partial charge >= 0.3 is 0 Å². The van der Waals surface area contributed by atoms with Crippen LogP contribution in [0.4, 0.5) is 17.1 Å². The average molecular weight is 954 g/mol. The van der Waals surface area contributed by atoms with Gasteiger partial charge in [-0.25, -0.2) is 0 Å². The molecule has 0 heterocycles. The van der Waals surface area contributed by atoms with E-state index in [0.29, 0.717) is 0 Å². The molecule has 0 atom stereocenters. The highest BCUT2D eigenvalue weighted by atomic mass is 15.1. The Bertz CT molecular complexity index is 3870. The van der Waals surface area contributed by atoms with Gasteiger partial charge in [-0.3, -0.25) is 0 Å². The predicted octanol–water partition coefficient (Wildman–Crippen LogP) is 18.9. The first kappa shape index (κ1) is 44.2. The van der Waals surface area contributed by atoms with Crippen molar-refractivity contribution in [2.24, 2.45) is 0 Å². The van der Waals surface area contributed by atoms with Gasteiger partial charge in [-0.05, 0) is 143 Å². The molecule has 2 aliphatic rings. The van der Waals surface area contributed by atoms with Crippen LogP contribution < -0.4 is 4.90 Å². The van der Waals surface area contributed by atoms with E-state index in [1.807, 2.05) is 0 Å². The first-order chi connectivity index (χ1) is 37.2. The van der Waals surface area contributed by atoms with Crippen LogP contribution in [0.1, 0.15) is 44.5 Å². The molecular formula is C74H51N. The lowest BCUT2D eigenvalue weighted by Crippen LogP contribution is -2.44. The maximum atomic E-state index is 2.42. The van der Waals surface area contributed by atoms with E-state index >= 15 is 0 Å². The van der Waals surface area contributed by atoms with Crippen molar-refractivity contribution < 1.29 is 0 Å². The number of fused-ring (bicyclic) bond motifs is 9. The fourth-order valence-corrected chi connectivity index (χ4v) is 12.9. The first-order valence-electron chi connectivity index (χ1n) is 26.1. The Morgan fingerprint density at radius 3 is 1.03 bits per heavy atom. The molecule has 0 aliphatic heterocycles. The molecule has 0 bridgehead atoms. The largest absolute Gasteiger partial charge is 0.310 e. The normalized spacial score (nSPS) is 13.3. The van der Waals surface area contributed by atoms with E-state index in [2.05, 4.69) is 314 Å². The Morgan fingerprint density at radius 2 is 0.547 bits per heavy atom. The Labute approximate surface area is 440 Å². The molecule has 1 spiro atoms. The zero-order valence-electron chi connectivity index (χ0n) is 41.4. The highest BCUT2D eigenvalue weighted by Crippen LogP contribution is 2.65. The molecular weight excluding hydrogens is 903 g/mol. The van der Waals surface area contributed by atoms with Crippen molar-refractivity contribution in [2.45, 2.75) is 10.8 Å². The molecule has 0 unspecified atom stereocenters. The van der Waals surface area contributed by atoms with Gasteiger partial charge in [0.15, 0.2) is 0 Å². The van der Waals surface area contributed by atoms with E-state index in [9.17, 15) is 0 Å². The maximum absolute atomic E-state index is 2.42. The Morgan fingerprint density at radius 1 is 0.200 bits per heavy atom. The lowest BCUT2D eigenvalue weighted by atomic mass is 9.51. The first-order valence-corrected chi connectivity index (χ1v) is 26.1. The van der Waals surface area contributed by atoms with Gasteiger partial charge in [0.1, 0.15) is 0 Å². The van der Waals surface area contributed by atoms with E-state index in [1.165, 1.54) is 89.0 Å². The standard InChI is InChI=1S/C74H51N/c1-6-23-52(24-7-1)55-41-45-61(46-42-55)75(63-50-57(53-25-8-2-9-26-53)49-58(51-63)54-27-10-3-11-28-54)62-47-43-56(44-48-62)64-34-22-40-71-72(64)65-33-16-17-35-66(65)74(71)69-38-20-18-36-67(69)73(59-29-12-4-13-30-59,60-31-14-5-15-32-60)68-37-19-21-39-70(68)74/h1-51H. The number of hydrogen-bond donors (Lipinski definition) is 0. The van der Waals surface area contributed by atoms with Crippen molar-refractivity contribution in [3.8, 4) is 55.6 Å². The molecule has 14 rings (SSSR count). The second-order valence-corrected chi connectivity index (χ2v) is 19.9. The molecule has 0 saturated heterocycles. The van der Waals surface area contributed by atoms with Crippen LogP contribution in [0.2, 0.25) is 0 Å². The van der Waals surface area contributed by atoms with E-state index in [-0.39, 0.29) is 0 Å². The number of hydrogen-bond acceptors (Lipinski definition) is 1. The van der Waals surface area contributed by atoms with Crippen molar-refractivity contribution in [1.29, 1.82) is 0 Å². The molecule has 0 radical (unpaired) electrons. The fourth-order valence-electron chi connectivity index (χ4n) is 12.9. The minimum absolute atomic E-state index is 0.553. The third-order valence-electron chi connectivity index (χ3n) is 16.0. The van der Waals surface area contributed by atoms with Crippen molar-refractivity contribution in [2.75, 3.05) is 4.90 Å². The molecule has 0 fully saturated rings. The van der Waals surface area contributed by atoms with E-state index in [0.717, 1.165) is 28.2 Å². The Hall–Kier alpha value is -9.56. The predicted molar refractivity (Wildman–Crippen MR) is 312 cm³/mol. The van der Waals surface area contributed by atoms with Gasteiger partial charge in [0.2, 0.25) is 0 Å². The Balaban J connectivity index is 0.955. The van der Waals surface area contributed by atoms with E-state index in [1.54, 1.807) is 0 Å². The molecule has 12 aromatic rings. The molecule has 75 heavy (non-hydrogen) atoms. The molecule has 352 valence electrons. The van der Waals surface area contributed by atoms with E-state index < -0.39 is 10.8 Å². The summed E-state index contributed by atoms with van der Waals surface area (Å²) in [4.78, 5) is 2.42. The molecule has 12 aromatic carbocycles. The van der Waals surface area contributed by atoms with Crippen LogP contribution in [0.3, 0.4) is 0 Å². The average Bonchev–Trinajstić information content (AvgIpc) is 3.82. The summed E-state index contributed by atoms with van der Waals surface area (Å²) in [6, 6.07) is 115. The molecule has 2 aliphatic carbocycles. The fraction of sp³-hybridized carbons (Fsp3) is 0.0270. The summed E-state index contributed by atoms with van der Waals surface area (Å²) in [7, 11) is 0. The van der Waals surface area contributed by atoms with Crippen LogP contribution >= 0.6 is 0 Å². The van der Waals surface area contributed by atoms with Gasteiger partial charge in [-0.1, -0.05) is 267 Å². The smallest absolute Gasteiger partial charge is 0.0720 e. The number of nitrogens with zero attached hydrogens (tertiary/aromatic N) is 1. The molecule has 0 N–H and O–H groups in total. The zero-order chi connectivity index (χ0) is 49.8. The summed E-state index contributed by atoms with van der Waals surface area (Å²) in [5.41, 5.74) is 24.5. The number of anilines is 3. The number of benzene rings is 12. The summed E-state index contributed by atoms with van der Waals surface area (Å²) in [6.07, 6.45) is 0. The summed E-state index contributed by atoms with van der Waals surface area (Å²) in [5, 5.41) is 0. The second-order valence-electron chi connectivity index (χ2n) is 19.9. The lowest BCUT2D eigenvalue weighted by Gasteiger charge is -2.50. The van der Waals surface area contributed by atoms with Crippen molar-refractivity contribution in [3.05, 3.63) is 354 Å². The summed E-state index contributed by atoms with van der Waals surface area (Å²) in [5.74, 6) is 0. The molecule has 1 heteroatoms. The Kier molecular flexibility index (Phi) is 10.7. The van der Waals surface area contributed by atoms with E-state index in [4.69, 9.17) is 0 Å². The van der Waals surface area contributed by atoms with Crippen LogP contribution in [0.5, 0.6) is 0 Å². The summed E-state index contributed by atoms with van der Waals surface area (Å²) in [6.45, 7) is 0. The monoisotopic (exact) mass is 953 g/mol. The van der Waals surface area contributed by atoms with Gasteiger partial charge in [-0.15, -0.1) is 0 Å². The van der Waals surface area contributed by atoms with Gasteiger partial charge in [0, 0.05) is 17.1 Å². The topological polar surface area (TPSA) is 3.24 Å². The highest BCUT2D eigenvalue weighted by Gasteiger charge is 2.56. The van der Waals surface area contributed by atoms with Gasteiger partial charge in [0.25, 0.3) is 0 Å². The minimum atomic E-state index is -0.578. The third kappa shape index (κ3) is 7.00. The van der Waals surface area contributed by atoms with Crippen LogP contribution in [0.15, 0.2) is 309 Å². The van der Waals surface area contributed by atoms with Gasteiger partial charge in [0.05, 0.1) is 10.8 Å². The van der Waals surface area contributed by atoms with Crippen molar-refractivity contribution in [3.63, 3.8) is 0 Å². The van der Waals surface area contributed by atoms with Crippen LogP contribution in [-0.4, -0.2) is 0 Å². The quantitative estimate of drug-likeness (QED) is 0.139. The third-order valence-corrected chi connectivity index (χ3v) is 16.0. The second kappa shape index (κ2) is 18.2. The van der Waals surface area contributed by atoms with Gasteiger partial charge < -0.3 is 4.90 Å². The van der Waals surface area contributed by atoms with Gasteiger partial charge in [-0.2, -0.15) is 0 Å². The molecule has 0 saturated carbocycles. The van der Waals surface area contributed by atoms with Crippen LogP contribution in [-0.2, 0) is 10.8 Å². The summed E-state index contributed by atoms with van der Waals surface area (Å²) < 4.78 is 0. The zero-order valence-corrected chi connectivity index (χ0v) is 41.4. The van der Waals surface area contributed by atoms with Crippen molar-refractivity contribution >= 4 is 17.1 Å². The summed E-state index contributed by atoms with van der Waals surface area (Å²) >= 11 is 0. The highest BCUT2D eigenvalue weighted by molar-refractivity contribution is 5.97. The SMILES string of the molecule is c1ccc(-c2ccc(N(c3ccc(-c4cccc5c4-c4ccccc4C54c5ccccc5C(c5ccccc5)(c5ccccc5)c5ccccc54)cc3)c3cc(-c4ccccc4)cc(-c4ccccc4)c3)cc2)cc1. The maximum Gasteiger partial charge on any atom is 0.0720 e. The van der Waals surface area contributed by atoms with Crippen LogP contribution in [0.25, 0.3) is 55.6 Å². The molecule has 1 nitrogen and oxygen atoms in total. The molecule has 0 aromatic heterocycles. The molecule has 0 amide bonds.